The minimum atomic E-state index is -1.08. The number of carbonyl (C=O) groups is 3. The summed E-state index contributed by atoms with van der Waals surface area (Å²) in [5.74, 6) is -1.49. The molecule has 0 bridgehead atoms. The molecule has 2 rings (SSSR count). The molecule has 0 radical (unpaired) electrons. The van der Waals surface area contributed by atoms with E-state index < -0.39 is 47.1 Å². The van der Waals surface area contributed by atoms with Crippen LogP contribution in [0.25, 0.3) is 0 Å². The van der Waals surface area contributed by atoms with Crippen molar-refractivity contribution in [2.45, 2.75) is 44.9 Å². The molecule has 1 aliphatic heterocycles. The second-order valence-corrected chi connectivity index (χ2v) is 7.38. The quantitative estimate of drug-likeness (QED) is 0.345. The lowest BCUT2D eigenvalue weighted by atomic mass is 10.1. The van der Waals surface area contributed by atoms with Crippen molar-refractivity contribution in [3.8, 4) is 0 Å². The number of hydrogen-bond acceptors (Lipinski definition) is 8. The highest BCUT2D eigenvalue weighted by molar-refractivity contribution is 5.98. The van der Waals surface area contributed by atoms with Gasteiger partial charge in [-0.3, -0.25) is 19.8 Å². The van der Waals surface area contributed by atoms with Gasteiger partial charge in [0.1, 0.15) is 11.6 Å². The van der Waals surface area contributed by atoms with Crippen molar-refractivity contribution in [1.82, 2.24) is 4.90 Å². The zero-order chi connectivity index (χ0) is 21.1. The highest BCUT2D eigenvalue weighted by Crippen LogP contribution is 2.22. The summed E-state index contributed by atoms with van der Waals surface area (Å²) in [6, 6.07) is 3.97. The Bertz CT molecular complexity index is 786. The van der Waals surface area contributed by atoms with Gasteiger partial charge >= 0.3 is 12.1 Å². The SMILES string of the molecule is CC(C)(C)OC(=O)N1CC(O)CC1C(=O)OCC(=O)c1cccc([N+](=O)[O-])c1. The van der Waals surface area contributed by atoms with Crippen LogP contribution in [0.2, 0.25) is 0 Å². The van der Waals surface area contributed by atoms with E-state index in [4.69, 9.17) is 9.47 Å². The number of aliphatic hydroxyl groups excluding tert-OH is 1. The van der Waals surface area contributed by atoms with Gasteiger partial charge in [-0.1, -0.05) is 12.1 Å². The molecular weight excluding hydrogens is 372 g/mol. The highest BCUT2D eigenvalue weighted by atomic mass is 16.6. The Morgan fingerprint density at radius 3 is 2.61 bits per heavy atom. The largest absolute Gasteiger partial charge is 0.456 e. The molecule has 1 aromatic carbocycles. The van der Waals surface area contributed by atoms with Crippen molar-refractivity contribution < 1.29 is 33.9 Å². The number of non-ortho nitro benzene ring substituents is 1. The van der Waals surface area contributed by atoms with Gasteiger partial charge in [-0.2, -0.15) is 0 Å². The molecule has 10 nitrogen and oxygen atoms in total. The van der Waals surface area contributed by atoms with Gasteiger partial charge in [0, 0.05) is 24.1 Å². The van der Waals surface area contributed by atoms with Crippen molar-refractivity contribution in [3.63, 3.8) is 0 Å². The van der Waals surface area contributed by atoms with Crippen LogP contribution in [-0.2, 0) is 14.3 Å². The number of nitrogens with zero attached hydrogens (tertiary/aromatic N) is 2. The first-order chi connectivity index (χ1) is 13.0. The molecule has 0 aliphatic carbocycles. The Balaban J connectivity index is 2.01. The molecule has 0 spiro atoms. The van der Waals surface area contributed by atoms with Gasteiger partial charge in [0.2, 0.25) is 5.78 Å². The lowest BCUT2D eigenvalue weighted by molar-refractivity contribution is -0.384. The molecule has 1 amide bonds. The normalized spacial score (nSPS) is 19.2. The molecule has 0 saturated carbocycles. The number of likely N-dealkylation sites (tertiary alicyclic amines) is 1. The predicted octanol–water partition coefficient (Wildman–Crippen LogP) is 1.69. The summed E-state index contributed by atoms with van der Waals surface area (Å²) in [6.45, 7) is 4.27. The van der Waals surface area contributed by atoms with Crippen LogP contribution >= 0.6 is 0 Å². The minimum Gasteiger partial charge on any atom is -0.456 e. The molecular formula is C18H22N2O8. The standard InChI is InChI=1S/C18H22N2O8/c1-18(2,3)28-17(24)19-9-13(21)8-14(19)16(23)27-10-15(22)11-5-4-6-12(7-11)20(25)26/h4-7,13-14,21H,8-10H2,1-3H3. The number of nitro benzene ring substituents is 1. The first kappa shape index (κ1) is 21.3. The number of carbonyl (C=O) groups excluding carboxylic acids is 3. The maximum atomic E-state index is 12.3. The lowest BCUT2D eigenvalue weighted by Gasteiger charge is -2.27. The van der Waals surface area contributed by atoms with E-state index in [9.17, 15) is 29.6 Å². The summed E-state index contributed by atoms with van der Waals surface area (Å²) < 4.78 is 10.2. The average molecular weight is 394 g/mol. The van der Waals surface area contributed by atoms with Crippen molar-refractivity contribution in [1.29, 1.82) is 0 Å². The van der Waals surface area contributed by atoms with E-state index in [0.717, 1.165) is 11.0 Å². The van der Waals surface area contributed by atoms with E-state index in [1.807, 2.05) is 0 Å². The second-order valence-electron chi connectivity index (χ2n) is 7.38. The fraction of sp³-hybridized carbons (Fsp3) is 0.500. The molecule has 1 aromatic rings. The van der Waals surface area contributed by atoms with E-state index in [1.165, 1.54) is 18.2 Å². The monoisotopic (exact) mass is 394 g/mol. The molecule has 1 heterocycles. The van der Waals surface area contributed by atoms with Gasteiger partial charge in [0.15, 0.2) is 6.61 Å². The van der Waals surface area contributed by atoms with Crippen LogP contribution in [0.1, 0.15) is 37.6 Å². The number of aliphatic hydroxyl groups is 1. The van der Waals surface area contributed by atoms with E-state index in [-0.39, 0.29) is 24.2 Å². The number of Topliss-reactive ketones (excluding diaryl/α,β-unsaturated/α-hetero) is 1. The smallest absolute Gasteiger partial charge is 0.411 e. The third kappa shape index (κ3) is 5.49. The Morgan fingerprint density at radius 2 is 2.00 bits per heavy atom. The predicted molar refractivity (Wildman–Crippen MR) is 95.7 cm³/mol. The van der Waals surface area contributed by atoms with Crippen LogP contribution in [0.4, 0.5) is 10.5 Å². The number of nitro groups is 1. The third-order valence-corrected chi connectivity index (χ3v) is 3.90. The first-order valence-corrected chi connectivity index (χ1v) is 8.60. The number of benzene rings is 1. The Kier molecular flexibility index (Phi) is 6.34. The fourth-order valence-electron chi connectivity index (χ4n) is 2.67. The summed E-state index contributed by atoms with van der Waals surface area (Å²) in [7, 11) is 0. The zero-order valence-electron chi connectivity index (χ0n) is 15.8. The topological polar surface area (TPSA) is 136 Å². The van der Waals surface area contributed by atoms with Crippen molar-refractivity contribution in [2.75, 3.05) is 13.2 Å². The van der Waals surface area contributed by atoms with Gasteiger partial charge in [-0.15, -0.1) is 0 Å². The average Bonchev–Trinajstić information content (AvgIpc) is 3.00. The van der Waals surface area contributed by atoms with Gasteiger partial charge in [0.25, 0.3) is 5.69 Å². The number of β-amino-alcohol motifs (C(OH)–C–C–N with tert-alkyl or cyclic N) is 1. The molecule has 0 aromatic heterocycles. The van der Waals surface area contributed by atoms with Crippen LogP contribution in [0.5, 0.6) is 0 Å². The maximum absolute atomic E-state index is 12.3. The Morgan fingerprint density at radius 1 is 1.32 bits per heavy atom. The van der Waals surface area contributed by atoms with E-state index in [0.29, 0.717) is 0 Å². The molecule has 1 N–H and O–H groups in total. The molecule has 2 atom stereocenters. The number of ether oxygens (including phenoxy) is 2. The number of rotatable bonds is 5. The van der Waals surface area contributed by atoms with E-state index in [1.54, 1.807) is 20.8 Å². The first-order valence-electron chi connectivity index (χ1n) is 8.60. The zero-order valence-corrected chi connectivity index (χ0v) is 15.8. The third-order valence-electron chi connectivity index (χ3n) is 3.90. The minimum absolute atomic E-state index is 0.0254. The summed E-state index contributed by atoms with van der Waals surface area (Å²) in [5.41, 5.74) is -1.01. The van der Waals surface area contributed by atoms with Crippen LogP contribution in [0.3, 0.4) is 0 Å². The van der Waals surface area contributed by atoms with Crippen LogP contribution in [-0.4, -0.2) is 63.7 Å². The highest BCUT2D eigenvalue weighted by Gasteiger charge is 2.42. The molecule has 152 valence electrons. The van der Waals surface area contributed by atoms with Gasteiger partial charge < -0.3 is 14.6 Å². The number of amides is 1. The maximum Gasteiger partial charge on any atom is 0.411 e. The Labute approximate surface area is 161 Å². The molecule has 1 fully saturated rings. The molecule has 1 saturated heterocycles. The van der Waals surface area contributed by atoms with Crippen LogP contribution in [0.15, 0.2) is 24.3 Å². The number of hydrogen-bond donors (Lipinski definition) is 1. The van der Waals surface area contributed by atoms with Crippen LogP contribution in [0, 0.1) is 10.1 Å². The van der Waals surface area contributed by atoms with Crippen molar-refractivity contribution in [3.05, 3.63) is 39.9 Å². The van der Waals surface area contributed by atoms with E-state index >= 15 is 0 Å². The van der Waals surface area contributed by atoms with Gasteiger partial charge in [-0.05, 0) is 20.8 Å². The van der Waals surface area contributed by atoms with Gasteiger partial charge in [-0.25, -0.2) is 9.59 Å². The molecule has 10 heteroatoms. The molecule has 2 unspecified atom stereocenters. The lowest BCUT2D eigenvalue weighted by Crippen LogP contribution is -2.44. The fourth-order valence-corrected chi connectivity index (χ4v) is 2.67. The molecule has 1 aliphatic rings. The van der Waals surface area contributed by atoms with Crippen LogP contribution < -0.4 is 0 Å². The summed E-state index contributed by atoms with van der Waals surface area (Å²) in [6.07, 6.45) is -1.73. The van der Waals surface area contributed by atoms with Gasteiger partial charge in [0.05, 0.1) is 17.6 Å². The summed E-state index contributed by atoms with van der Waals surface area (Å²) >= 11 is 0. The van der Waals surface area contributed by atoms with Crippen molar-refractivity contribution in [2.24, 2.45) is 0 Å². The number of esters is 1. The number of ketones is 1. The second kappa shape index (κ2) is 8.34. The van der Waals surface area contributed by atoms with E-state index in [2.05, 4.69) is 0 Å². The molecule has 28 heavy (non-hydrogen) atoms. The summed E-state index contributed by atoms with van der Waals surface area (Å²) in [4.78, 5) is 47.9. The Hall–Kier alpha value is -3.01. The van der Waals surface area contributed by atoms with Crippen molar-refractivity contribution >= 4 is 23.5 Å². The summed E-state index contributed by atoms with van der Waals surface area (Å²) in [5, 5.41) is 20.6.